The molecule has 0 bridgehead atoms. The number of nitrogens with one attached hydrogen (secondary N) is 2. The van der Waals surface area contributed by atoms with Crippen molar-refractivity contribution < 1.29 is 14.6 Å². The van der Waals surface area contributed by atoms with Crippen molar-refractivity contribution >= 4 is 28.0 Å². The number of benzene rings is 1. The predicted octanol–water partition coefficient (Wildman–Crippen LogP) is 0.987. The van der Waals surface area contributed by atoms with Crippen LogP contribution in [0.3, 0.4) is 0 Å². The number of carboxylic acid groups (broad SMARTS) is 1. The molecule has 1 aromatic carbocycles. The Morgan fingerprint density at radius 1 is 1.28 bits per heavy atom. The molecule has 1 amide bonds. The number of pyridine rings is 1. The topological polar surface area (TPSA) is 104 Å². The Kier molecular flexibility index (Phi) is 5.30. The monoisotopic (exact) mass is 342 g/mol. The van der Waals surface area contributed by atoms with Crippen molar-refractivity contribution in [1.82, 2.24) is 20.0 Å². The maximum absolute atomic E-state index is 10.4. The van der Waals surface area contributed by atoms with Crippen LogP contribution in [0.2, 0.25) is 0 Å². The van der Waals surface area contributed by atoms with Gasteiger partial charge in [0.15, 0.2) is 5.82 Å². The average Bonchev–Trinajstić information content (AvgIpc) is 2.97. The lowest BCUT2D eigenvalue weighted by atomic mass is 10.2. The Hall–Kier alpha value is -2.87. The number of amides is 1. The van der Waals surface area contributed by atoms with Crippen molar-refractivity contribution in [3.05, 3.63) is 36.3 Å². The summed E-state index contributed by atoms with van der Waals surface area (Å²) in [5.74, 6) is 0.753. The molecule has 2 heterocycles. The van der Waals surface area contributed by atoms with Crippen LogP contribution in [0.25, 0.3) is 21.9 Å². The summed E-state index contributed by atoms with van der Waals surface area (Å²) in [5.41, 5.74) is 5.92. The van der Waals surface area contributed by atoms with Gasteiger partial charge >= 0.3 is 0 Å². The van der Waals surface area contributed by atoms with E-state index in [9.17, 15) is 9.90 Å². The van der Waals surface area contributed by atoms with E-state index < -0.39 is 6.09 Å². The summed E-state index contributed by atoms with van der Waals surface area (Å²) in [5, 5.41) is 13.6. The molecule has 25 heavy (non-hydrogen) atoms. The largest absolute Gasteiger partial charge is 0.530 e. The maximum Gasteiger partial charge on any atom is 0.154 e. The number of para-hydroxylation sites is 1. The van der Waals surface area contributed by atoms with Crippen molar-refractivity contribution in [3.63, 3.8) is 0 Å². The van der Waals surface area contributed by atoms with E-state index in [0.29, 0.717) is 32.7 Å². The van der Waals surface area contributed by atoms with Crippen molar-refractivity contribution in [1.29, 1.82) is 0 Å². The van der Waals surface area contributed by atoms with Crippen LogP contribution >= 0.6 is 0 Å². The van der Waals surface area contributed by atoms with Crippen molar-refractivity contribution in [3.8, 4) is 0 Å². The van der Waals surface area contributed by atoms with Gasteiger partial charge in [-0.1, -0.05) is 18.2 Å². The van der Waals surface area contributed by atoms with Crippen LogP contribution in [0, 0.1) is 0 Å². The number of carbonyl (C=O) groups is 1. The number of hydrogen-bond donors (Lipinski definition) is 2. The van der Waals surface area contributed by atoms with E-state index in [-0.39, 0.29) is 0 Å². The lowest BCUT2D eigenvalue weighted by molar-refractivity contribution is -0.250. The first-order valence-electron chi connectivity index (χ1n) is 8.22. The van der Waals surface area contributed by atoms with Crippen molar-refractivity contribution in [2.75, 3.05) is 25.1 Å². The molecule has 0 spiro atoms. The molecule has 0 aliphatic carbocycles. The van der Waals surface area contributed by atoms with E-state index >= 15 is 0 Å². The Balaban J connectivity index is 1.91. The molecule has 2 N–H and O–H groups in total. The lowest BCUT2D eigenvalue weighted by Crippen LogP contribution is -2.37. The molecule has 3 aromatic rings. The summed E-state index contributed by atoms with van der Waals surface area (Å²) in [4.78, 5) is 19.5. The molecule has 0 saturated heterocycles. The Labute approximate surface area is 144 Å². The summed E-state index contributed by atoms with van der Waals surface area (Å²) in [6.07, 6.45) is 1.11. The van der Waals surface area contributed by atoms with Gasteiger partial charge in [0.2, 0.25) is 0 Å². The van der Waals surface area contributed by atoms with Gasteiger partial charge in [-0.25, -0.2) is 9.66 Å². The van der Waals surface area contributed by atoms with Gasteiger partial charge in [-0.15, -0.1) is 0 Å². The van der Waals surface area contributed by atoms with E-state index in [1.165, 1.54) is 0 Å². The minimum Gasteiger partial charge on any atom is -0.530 e. The van der Waals surface area contributed by atoms with Gasteiger partial charge in [-0.05, 0) is 19.4 Å². The molecule has 2 aromatic heterocycles. The number of ether oxygens (including phenoxy) is 1. The molecule has 0 atom stereocenters. The molecule has 8 heteroatoms. The van der Waals surface area contributed by atoms with Crippen LogP contribution in [-0.4, -0.2) is 40.4 Å². The molecule has 3 rings (SSSR count). The van der Waals surface area contributed by atoms with Crippen LogP contribution in [0.1, 0.15) is 19.2 Å². The number of rotatable bonds is 8. The van der Waals surface area contributed by atoms with E-state index in [0.717, 1.165) is 27.8 Å². The Bertz CT molecular complexity index is 877. The van der Waals surface area contributed by atoms with E-state index in [1.54, 1.807) is 6.20 Å². The fourth-order valence-electron chi connectivity index (χ4n) is 2.68. The van der Waals surface area contributed by atoms with Gasteiger partial charge in [0, 0.05) is 25.1 Å². The highest BCUT2D eigenvalue weighted by Gasteiger charge is 2.14. The highest BCUT2D eigenvalue weighted by Crippen LogP contribution is 2.24. The third-order valence-corrected chi connectivity index (χ3v) is 3.79. The normalized spacial score (nSPS) is 11.1. The number of nitrogens with zero attached hydrogens (tertiary/aromatic N) is 3. The lowest BCUT2D eigenvalue weighted by Gasteiger charge is -2.13. The second-order valence-electron chi connectivity index (χ2n) is 5.49. The second kappa shape index (κ2) is 7.80. The minimum absolute atomic E-state index is 0.324. The standard InChI is InChI=1S/C17H21N5O3/c1-2-25-11-15-21-14-10-19-13-7-4-3-6-12(13)16(14)22(15)20-9-5-8-18-17(23)24/h3-4,6-7,10,18,20H,2,5,8-9,11H2,1H3,(H,23,24)/p-1. The fourth-order valence-corrected chi connectivity index (χ4v) is 2.68. The van der Waals surface area contributed by atoms with Crippen molar-refractivity contribution in [2.24, 2.45) is 0 Å². The van der Waals surface area contributed by atoms with E-state index in [2.05, 4.69) is 20.7 Å². The zero-order valence-corrected chi connectivity index (χ0v) is 14.0. The van der Waals surface area contributed by atoms with Gasteiger partial charge in [-0.3, -0.25) is 4.98 Å². The third kappa shape index (κ3) is 3.80. The molecular formula is C17H20N5O3-. The summed E-state index contributed by atoms with van der Waals surface area (Å²) < 4.78 is 7.43. The zero-order chi connectivity index (χ0) is 17.6. The van der Waals surface area contributed by atoms with Crippen LogP contribution in [0.5, 0.6) is 0 Å². The van der Waals surface area contributed by atoms with Gasteiger partial charge < -0.3 is 25.4 Å². The molecule has 132 valence electrons. The first-order chi connectivity index (χ1) is 12.2. The molecule has 8 nitrogen and oxygen atoms in total. The SMILES string of the molecule is CCOCc1nc2cnc3ccccc3c2n1NCCCNC(=O)[O-]. The highest BCUT2D eigenvalue weighted by molar-refractivity contribution is 6.02. The highest BCUT2D eigenvalue weighted by atomic mass is 16.5. The zero-order valence-electron chi connectivity index (χ0n) is 14.0. The van der Waals surface area contributed by atoms with Gasteiger partial charge in [-0.2, -0.15) is 0 Å². The molecule has 0 radical (unpaired) electrons. The number of carbonyl (C=O) groups excluding carboxylic acids is 1. The number of imidazole rings is 1. The molecule has 0 fully saturated rings. The Morgan fingerprint density at radius 2 is 2.12 bits per heavy atom. The minimum atomic E-state index is -1.26. The summed E-state index contributed by atoms with van der Waals surface area (Å²) in [6, 6.07) is 7.87. The predicted molar refractivity (Wildman–Crippen MR) is 92.6 cm³/mol. The van der Waals surface area contributed by atoms with E-state index in [4.69, 9.17) is 4.74 Å². The molecular weight excluding hydrogens is 322 g/mol. The molecule has 0 aliphatic heterocycles. The van der Waals surface area contributed by atoms with Crippen LogP contribution in [0.15, 0.2) is 30.5 Å². The summed E-state index contributed by atoms with van der Waals surface area (Å²) >= 11 is 0. The maximum atomic E-state index is 10.4. The smallest absolute Gasteiger partial charge is 0.154 e. The summed E-state index contributed by atoms with van der Waals surface area (Å²) in [7, 11) is 0. The summed E-state index contributed by atoms with van der Waals surface area (Å²) in [6.45, 7) is 3.80. The van der Waals surface area contributed by atoms with Gasteiger partial charge in [0.25, 0.3) is 0 Å². The fraction of sp³-hybridized carbons (Fsp3) is 0.353. The van der Waals surface area contributed by atoms with Gasteiger partial charge in [0.1, 0.15) is 23.7 Å². The number of hydrogen-bond acceptors (Lipinski definition) is 6. The molecule has 0 unspecified atom stereocenters. The van der Waals surface area contributed by atoms with Gasteiger partial charge in [0.05, 0.1) is 11.7 Å². The third-order valence-electron chi connectivity index (χ3n) is 3.79. The van der Waals surface area contributed by atoms with Crippen LogP contribution in [0.4, 0.5) is 4.79 Å². The van der Waals surface area contributed by atoms with E-state index in [1.807, 2.05) is 35.9 Å². The van der Waals surface area contributed by atoms with Crippen LogP contribution < -0.4 is 15.8 Å². The van der Waals surface area contributed by atoms with Crippen molar-refractivity contribution in [2.45, 2.75) is 20.0 Å². The first kappa shape index (κ1) is 17.0. The number of fused-ring (bicyclic) bond motifs is 3. The molecule has 0 saturated carbocycles. The first-order valence-corrected chi connectivity index (χ1v) is 8.22. The van der Waals surface area contributed by atoms with Crippen LogP contribution in [-0.2, 0) is 11.3 Å². The molecule has 0 aliphatic rings. The Morgan fingerprint density at radius 3 is 2.92 bits per heavy atom. The second-order valence-corrected chi connectivity index (χ2v) is 5.49. The average molecular weight is 342 g/mol. The number of aromatic nitrogens is 3. The quantitative estimate of drug-likeness (QED) is 0.592.